The molecule has 3 aromatic carbocycles. The SMILES string of the molecule is CCCCCCCCCCN.FC1CC=Cc2c1ccc1c2ccc2ccccc21. The van der Waals surface area contributed by atoms with Gasteiger partial charge in [0.1, 0.15) is 6.17 Å². The summed E-state index contributed by atoms with van der Waals surface area (Å²) in [5, 5.41) is 4.81. The maximum atomic E-state index is 14.0. The predicted molar refractivity (Wildman–Crippen MR) is 131 cm³/mol. The largest absolute Gasteiger partial charge is 0.330 e. The van der Waals surface area contributed by atoms with Crippen molar-refractivity contribution in [2.45, 2.75) is 70.9 Å². The van der Waals surface area contributed by atoms with Gasteiger partial charge >= 0.3 is 0 Å². The van der Waals surface area contributed by atoms with Crippen LogP contribution >= 0.6 is 0 Å². The van der Waals surface area contributed by atoms with Crippen LogP contribution in [0, 0.1) is 0 Å². The highest BCUT2D eigenvalue weighted by molar-refractivity contribution is 6.10. The van der Waals surface area contributed by atoms with Gasteiger partial charge in [-0.05, 0) is 45.6 Å². The number of allylic oxidation sites excluding steroid dienone is 1. The number of fused-ring (bicyclic) bond motifs is 5. The van der Waals surface area contributed by atoms with E-state index >= 15 is 0 Å². The van der Waals surface area contributed by atoms with Gasteiger partial charge in [-0.25, -0.2) is 4.39 Å². The summed E-state index contributed by atoms with van der Waals surface area (Å²) in [6.07, 6.45) is 14.6. The lowest BCUT2D eigenvalue weighted by Gasteiger charge is -2.17. The number of hydrogen-bond donors (Lipinski definition) is 1. The van der Waals surface area contributed by atoms with Crippen molar-refractivity contribution in [1.82, 2.24) is 0 Å². The first kappa shape index (κ1) is 22.5. The second-order valence-electron chi connectivity index (χ2n) is 8.32. The van der Waals surface area contributed by atoms with Crippen LogP contribution < -0.4 is 5.73 Å². The Balaban J connectivity index is 0.000000202. The van der Waals surface area contributed by atoms with Crippen LogP contribution in [0.3, 0.4) is 0 Å². The summed E-state index contributed by atoms with van der Waals surface area (Å²) in [4.78, 5) is 0. The zero-order chi connectivity index (χ0) is 21.2. The van der Waals surface area contributed by atoms with Crippen molar-refractivity contribution >= 4 is 27.6 Å². The molecule has 0 saturated carbocycles. The minimum Gasteiger partial charge on any atom is -0.330 e. The molecular formula is C28H36FN. The van der Waals surface area contributed by atoms with Crippen LogP contribution in [0.25, 0.3) is 27.6 Å². The third-order valence-corrected chi connectivity index (χ3v) is 6.02. The molecule has 0 aliphatic heterocycles. The van der Waals surface area contributed by atoms with E-state index in [1.807, 2.05) is 18.2 Å². The Labute approximate surface area is 181 Å². The summed E-state index contributed by atoms with van der Waals surface area (Å²) in [5.74, 6) is 0. The maximum Gasteiger partial charge on any atom is 0.129 e. The van der Waals surface area contributed by atoms with E-state index < -0.39 is 6.17 Å². The van der Waals surface area contributed by atoms with Crippen LogP contribution in [-0.2, 0) is 0 Å². The normalized spacial score (nSPS) is 15.1. The minimum absolute atomic E-state index is 0.492. The third-order valence-electron chi connectivity index (χ3n) is 6.02. The molecule has 1 unspecified atom stereocenters. The van der Waals surface area contributed by atoms with Crippen molar-refractivity contribution in [1.29, 1.82) is 0 Å². The van der Waals surface area contributed by atoms with E-state index in [9.17, 15) is 4.39 Å². The molecule has 0 saturated heterocycles. The second-order valence-corrected chi connectivity index (χ2v) is 8.32. The van der Waals surface area contributed by atoms with Crippen LogP contribution in [0.1, 0.15) is 82.0 Å². The fourth-order valence-electron chi connectivity index (χ4n) is 4.30. The highest BCUT2D eigenvalue weighted by atomic mass is 19.1. The van der Waals surface area contributed by atoms with Gasteiger partial charge in [-0.2, -0.15) is 0 Å². The van der Waals surface area contributed by atoms with Gasteiger partial charge < -0.3 is 5.73 Å². The Morgan fingerprint density at radius 1 is 0.800 bits per heavy atom. The van der Waals surface area contributed by atoms with Gasteiger partial charge in [-0.15, -0.1) is 0 Å². The molecule has 1 atom stereocenters. The van der Waals surface area contributed by atoms with Crippen molar-refractivity contribution < 1.29 is 4.39 Å². The van der Waals surface area contributed by atoms with Gasteiger partial charge in [0.2, 0.25) is 0 Å². The number of hydrogen-bond acceptors (Lipinski definition) is 1. The number of alkyl halides is 1. The molecule has 0 radical (unpaired) electrons. The Bertz CT molecular complexity index is 951. The molecule has 3 aromatic rings. The minimum atomic E-state index is -0.865. The molecule has 160 valence electrons. The molecule has 2 heteroatoms. The molecule has 0 aromatic heterocycles. The average Bonchev–Trinajstić information content (AvgIpc) is 2.79. The van der Waals surface area contributed by atoms with E-state index in [1.54, 1.807) is 0 Å². The zero-order valence-corrected chi connectivity index (χ0v) is 18.4. The highest BCUT2D eigenvalue weighted by Gasteiger charge is 2.18. The highest BCUT2D eigenvalue weighted by Crippen LogP contribution is 2.37. The fraction of sp³-hybridized carbons (Fsp3) is 0.429. The average molecular weight is 406 g/mol. The van der Waals surface area contributed by atoms with Gasteiger partial charge in [-0.3, -0.25) is 0 Å². The van der Waals surface area contributed by atoms with Crippen molar-refractivity contribution in [2.75, 3.05) is 6.54 Å². The molecule has 0 heterocycles. The Morgan fingerprint density at radius 3 is 2.27 bits per heavy atom. The van der Waals surface area contributed by atoms with E-state index in [0.29, 0.717) is 6.42 Å². The molecule has 0 amide bonds. The summed E-state index contributed by atoms with van der Waals surface area (Å²) in [5.41, 5.74) is 7.26. The molecule has 1 aliphatic rings. The quantitative estimate of drug-likeness (QED) is 0.295. The number of unbranched alkanes of at least 4 members (excludes halogenated alkanes) is 7. The lowest BCUT2D eigenvalue weighted by atomic mass is 9.89. The van der Waals surface area contributed by atoms with Crippen molar-refractivity contribution in [3.05, 3.63) is 65.7 Å². The zero-order valence-electron chi connectivity index (χ0n) is 18.4. The van der Waals surface area contributed by atoms with Gasteiger partial charge in [0.15, 0.2) is 0 Å². The number of halogens is 1. The van der Waals surface area contributed by atoms with E-state index in [-0.39, 0.29) is 0 Å². The molecule has 2 N–H and O–H groups in total. The molecule has 1 aliphatic carbocycles. The molecule has 0 spiro atoms. The van der Waals surface area contributed by atoms with Crippen LogP contribution in [0.15, 0.2) is 54.6 Å². The molecule has 1 nitrogen and oxygen atoms in total. The summed E-state index contributed by atoms with van der Waals surface area (Å²) in [6, 6.07) is 16.6. The first-order valence-corrected chi connectivity index (χ1v) is 11.7. The summed E-state index contributed by atoms with van der Waals surface area (Å²) in [6.45, 7) is 3.13. The lowest BCUT2D eigenvalue weighted by Crippen LogP contribution is -1.99. The van der Waals surface area contributed by atoms with Crippen molar-refractivity contribution in [3.63, 3.8) is 0 Å². The van der Waals surface area contributed by atoms with Crippen LogP contribution in [0.2, 0.25) is 0 Å². The van der Waals surface area contributed by atoms with E-state index in [2.05, 4.69) is 49.4 Å². The number of nitrogens with two attached hydrogens (primary N) is 1. The Hall–Kier alpha value is -2.19. The second kappa shape index (κ2) is 11.9. The molecule has 4 rings (SSSR count). The number of rotatable bonds is 8. The van der Waals surface area contributed by atoms with Gasteiger partial charge in [0, 0.05) is 6.42 Å². The molecule has 30 heavy (non-hydrogen) atoms. The van der Waals surface area contributed by atoms with E-state index in [1.165, 1.54) is 67.5 Å². The first-order valence-electron chi connectivity index (χ1n) is 11.7. The van der Waals surface area contributed by atoms with Crippen LogP contribution in [0.4, 0.5) is 4.39 Å². The summed E-state index contributed by atoms with van der Waals surface area (Å²) >= 11 is 0. The fourth-order valence-corrected chi connectivity index (χ4v) is 4.30. The van der Waals surface area contributed by atoms with Crippen molar-refractivity contribution in [3.8, 4) is 0 Å². The van der Waals surface area contributed by atoms with Crippen LogP contribution in [-0.4, -0.2) is 6.54 Å². The Morgan fingerprint density at radius 2 is 1.50 bits per heavy atom. The standard InChI is InChI=1S/C18H13F.C10H23N/c19-18-7-3-6-14-16-9-8-12-4-1-2-5-13(12)15(16)10-11-17(14)18;1-2-3-4-5-6-7-8-9-10-11/h1-6,8-11,18H,7H2;2-11H2,1H3. The summed E-state index contributed by atoms with van der Waals surface area (Å²) < 4.78 is 14.0. The first-order chi connectivity index (χ1) is 14.8. The third kappa shape index (κ3) is 5.70. The lowest BCUT2D eigenvalue weighted by molar-refractivity contribution is 0.345. The van der Waals surface area contributed by atoms with Gasteiger partial charge in [0.25, 0.3) is 0 Å². The topological polar surface area (TPSA) is 26.0 Å². The van der Waals surface area contributed by atoms with Crippen LogP contribution in [0.5, 0.6) is 0 Å². The van der Waals surface area contributed by atoms with E-state index in [4.69, 9.17) is 5.73 Å². The molecule has 0 fully saturated rings. The maximum absolute atomic E-state index is 14.0. The Kier molecular flexibility index (Phi) is 8.89. The number of benzene rings is 3. The smallest absolute Gasteiger partial charge is 0.129 e. The van der Waals surface area contributed by atoms with Crippen molar-refractivity contribution in [2.24, 2.45) is 5.73 Å². The summed E-state index contributed by atoms with van der Waals surface area (Å²) in [7, 11) is 0. The molecule has 0 bridgehead atoms. The van der Waals surface area contributed by atoms with E-state index in [0.717, 1.165) is 23.1 Å². The molecular weight excluding hydrogens is 369 g/mol. The monoisotopic (exact) mass is 405 g/mol. The van der Waals surface area contributed by atoms with Gasteiger partial charge in [0.05, 0.1) is 0 Å². The van der Waals surface area contributed by atoms with Gasteiger partial charge in [-0.1, -0.05) is 113 Å². The predicted octanol–water partition coefficient (Wildman–Crippen LogP) is 8.51.